The topological polar surface area (TPSA) is 63.1 Å². The van der Waals surface area contributed by atoms with Crippen molar-refractivity contribution in [1.82, 2.24) is 9.97 Å². The molecule has 0 aliphatic rings. The maximum absolute atomic E-state index is 11.2. The molecule has 1 N–H and O–H groups in total. The molecule has 0 spiro atoms. The summed E-state index contributed by atoms with van der Waals surface area (Å²) in [5.74, 6) is 0. The number of nitrogens with zero attached hydrogens (tertiary/aromatic N) is 2. The first-order valence-corrected chi connectivity index (χ1v) is 16.3. The van der Waals surface area contributed by atoms with Gasteiger partial charge < -0.3 is 5.11 Å². The second-order valence-corrected chi connectivity index (χ2v) is 12.5. The number of aliphatic hydroxyl groups excluding tert-OH is 1. The third-order valence-corrected chi connectivity index (χ3v) is 9.09. The molecule has 0 unspecified atom stereocenters. The van der Waals surface area contributed by atoms with Gasteiger partial charge in [-0.1, -0.05) is 112 Å². The van der Waals surface area contributed by atoms with Crippen molar-refractivity contribution < 1.29 is 9.90 Å². The number of aromatic nitrogens is 2. The molecule has 2 aromatic carbocycles. The first-order chi connectivity index (χ1) is 19.5. The van der Waals surface area contributed by atoms with Crippen LogP contribution in [-0.4, -0.2) is 21.4 Å². The lowest BCUT2D eigenvalue weighted by atomic mass is 10.1. The lowest BCUT2D eigenvalue weighted by molar-refractivity contribution is 0.112. The molecule has 0 saturated heterocycles. The quantitative estimate of drug-likeness (QED) is 0.120. The van der Waals surface area contributed by atoms with Crippen LogP contribution in [0.15, 0.2) is 48.5 Å². The van der Waals surface area contributed by atoms with Crippen LogP contribution < -0.4 is 0 Å². The maximum atomic E-state index is 11.2. The van der Waals surface area contributed by atoms with Gasteiger partial charge in [0.05, 0.1) is 27.7 Å². The van der Waals surface area contributed by atoms with Gasteiger partial charge in [0, 0.05) is 11.1 Å². The Labute approximate surface area is 248 Å². The molecule has 2 aromatic heterocycles. The van der Waals surface area contributed by atoms with Crippen molar-refractivity contribution in [3.8, 4) is 21.1 Å². The van der Waals surface area contributed by atoms with Crippen molar-refractivity contribution in [3.05, 3.63) is 80.8 Å². The Hall–Kier alpha value is -2.67. The lowest BCUT2D eigenvalue weighted by Gasteiger charge is -1.99. The summed E-state index contributed by atoms with van der Waals surface area (Å²) in [5, 5.41) is 11.5. The Morgan fingerprint density at radius 3 is 1.62 bits per heavy atom. The van der Waals surface area contributed by atoms with Gasteiger partial charge >= 0.3 is 0 Å². The molecule has 2 heterocycles. The Morgan fingerprint density at radius 2 is 1.15 bits per heavy atom. The first-order valence-electron chi connectivity index (χ1n) is 14.7. The first kappa shape index (κ1) is 31.9. The Kier molecular flexibility index (Phi) is 13.7. The zero-order valence-electron chi connectivity index (χ0n) is 24.5. The number of hydrogen-bond donors (Lipinski definition) is 1. The van der Waals surface area contributed by atoms with Crippen LogP contribution >= 0.6 is 22.7 Å². The summed E-state index contributed by atoms with van der Waals surface area (Å²) >= 11 is 3.12. The number of aryl methyl sites for hydroxylation is 4. The van der Waals surface area contributed by atoms with Gasteiger partial charge in [0.2, 0.25) is 0 Å². The minimum atomic E-state index is 0.104. The summed E-state index contributed by atoms with van der Waals surface area (Å²) in [6, 6.07) is 16.7. The third kappa shape index (κ3) is 9.76. The van der Waals surface area contributed by atoms with Gasteiger partial charge in [0.1, 0.15) is 10.0 Å². The van der Waals surface area contributed by atoms with Gasteiger partial charge in [-0.15, -0.1) is 22.7 Å². The Bertz CT molecular complexity index is 1290. The summed E-state index contributed by atoms with van der Waals surface area (Å²) in [5.41, 5.74) is 6.80. The molecule has 6 heteroatoms. The maximum Gasteiger partial charge on any atom is 0.161 e. The minimum absolute atomic E-state index is 0.104. The molecular weight excluding hydrogens is 533 g/mol. The van der Waals surface area contributed by atoms with Gasteiger partial charge in [-0.05, 0) is 39.5 Å². The largest absolute Gasteiger partial charge is 0.391 e. The Morgan fingerprint density at radius 1 is 0.675 bits per heavy atom. The van der Waals surface area contributed by atoms with Crippen LogP contribution in [0.5, 0.6) is 0 Å². The van der Waals surface area contributed by atoms with Crippen LogP contribution in [-0.2, 0) is 19.4 Å². The van der Waals surface area contributed by atoms with Crippen LogP contribution in [0, 0.1) is 13.8 Å². The van der Waals surface area contributed by atoms with E-state index in [9.17, 15) is 9.90 Å². The highest BCUT2D eigenvalue weighted by atomic mass is 32.1. The second kappa shape index (κ2) is 17.2. The van der Waals surface area contributed by atoms with E-state index < -0.39 is 0 Å². The number of hydrogen-bond acceptors (Lipinski definition) is 6. The van der Waals surface area contributed by atoms with Crippen molar-refractivity contribution in [2.75, 3.05) is 0 Å². The fraction of sp³-hybridized carbons (Fsp3) is 0.441. The number of carbonyl (C=O) groups excluding carboxylic acids is 1. The van der Waals surface area contributed by atoms with Gasteiger partial charge in [-0.25, -0.2) is 9.97 Å². The van der Waals surface area contributed by atoms with Crippen LogP contribution in [0.3, 0.4) is 0 Å². The minimum Gasteiger partial charge on any atom is -0.391 e. The number of aliphatic hydroxyl groups is 1. The SMILES string of the molecule is CCCCCCc1nc(-c2ccc(C)cc2)sc1C=O.CCCCCCc1nc(-c2ccc(C)cc2)sc1CO. The third-order valence-electron chi connectivity index (χ3n) is 6.89. The summed E-state index contributed by atoms with van der Waals surface area (Å²) in [6.07, 6.45) is 12.6. The monoisotopic (exact) mass is 576 g/mol. The molecule has 4 aromatic rings. The predicted molar refractivity (Wildman–Crippen MR) is 172 cm³/mol. The van der Waals surface area contributed by atoms with Gasteiger partial charge in [-0.2, -0.15) is 0 Å². The number of rotatable bonds is 14. The molecule has 4 rings (SSSR count). The van der Waals surface area contributed by atoms with E-state index in [0.717, 1.165) is 74.3 Å². The van der Waals surface area contributed by atoms with Gasteiger partial charge in [0.15, 0.2) is 6.29 Å². The standard InChI is InChI=1S/C17H23NOS.C17H21NOS/c2*1-3-4-5-6-7-15-16(12-19)20-17(18-15)14-10-8-13(2)9-11-14/h8-11,19H,3-7,12H2,1-2H3;8-12H,3-7H2,1-2H3. The van der Waals surface area contributed by atoms with Crippen molar-refractivity contribution in [3.63, 3.8) is 0 Å². The normalized spacial score (nSPS) is 10.8. The molecule has 40 heavy (non-hydrogen) atoms. The molecule has 0 atom stereocenters. The molecular formula is C34H44N2O2S2. The van der Waals surface area contributed by atoms with Crippen LogP contribution in [0.4, 0.5) is 0 Å². The van der Waals surface area contributed by atoms with Crippen molar-refractivity contribution in [2.24, 2.45) is 0 Å². The number of thiazole rings is 2. The van der Waals surface area contributed by atoms with Crippen LogP contribution in [0.25, 0.3) is 21.1 Å². The summed E-state index contributed by atoms with van der Waals surface area (Å²) in [4.78, 5) is 22.4. The highest BCUT2D eigenvalue weighted by Gasteiger charge is 2.13. The number of benzene rings is 2. The number of unbranched alkanes of at least 4 members (excludes halogenated alkanes) is 6. The second-order valence-electron chi connectivity index (χ2n) is 10.3. The van der Waals surface area contributed by atoms with Gasteiger partial charge in [-0.3, -0.25) is 4.79 Å². The van der Waals surface area contributed by atoms with Crippen LogP contribution in [0.1, 0.15) is 102 Å². The van der Waals surface area contributed by atoms with Crippen molar-refractivity contribution >= 4 is 29.0 Å². The zero-order valence-corrected chi connectivity index (χ0v) is 26.2. The molecule has 0 saturated carbocycles. The van der Waals surface area contributed by atoms with E-state index in [1.807, 2.05) is 0 Å². The van der Waals surface area contributed by atoms with E-state index in [0.29, 0.717) is 0 Å². The number of carbonyl (C=O) groups is 1. The molecule has 4 nitrogen and oxygen atoms in total. The predicted octanol–water partition coefficient (Wildman–Crippen LogP) is 9.79. The van der Waals surface area contributed by atoms with E-state index in [1.165, 1.54) is 61.0 Å². The summed E-state index contributed by atoms with van der Waals surface area (Å²) in [7, 11) is 0. The molecule has 0 fully saturated rings. The van der Waals surface area contributed by atoms with Crippen molar-refractivity contribution in [1.29, 1.82) is 0 Å². The van der Waals surface area contributed by atoms with E-state index in [4.69, 9.17) is 4.98 Å². The summed E-state index contributed by atoms with van der Waals surface area (Å²) in [6.45, 7) is 8.69. The molecule has 0 amide bonds. The molecule has 0 bridgehead atoms. The smallest absolute Gasteiger partial charge is 0.161 e. The average Bonchev–Trinajstić information content (AvgIpc) is 3.58. The average molecular weight is 577 g/mol. The summed E-state index contributed by atoms with van der Waals surface area (Å²) < 4.78 is 0. The molecule has 0 aliphatic heterocycles. The highest BCUT2D eigenvalue weighted by Crippen LogP contribution is 2.30. The molecule has 214 valence electrons. The fourth-order valence-corrected chi connectivity index (χ4v) is 6.32. The van der Waals surface area contributed by atoms with Crippen molar-refractivity contribution in [2.45, 2.75) is 98.5 Å². The Balaban J connectivity index is 0.000000220. The van der Waals surface area contributed by atoms with Crippen LogP contribution in [0.2, 0.25) is 0 Å². The fourth-order valence-electron chi connectivity index (χ4n) is 4.41. The highest BCUT2D eigenvalue weighted by molar-refractivity contribution is 7.16. The van der Waals surface area contributed by atoms with E-state index in [2.05, 4.69) is 81.2 Å². The lowest BCUT2D eigenvalue weighted by Crippen LogP contribution is -1.92. The van der Waals surface area contributed by atoms with E-state index >= 15 is 0 Å². The molecule has 0 radical (unpaired) electrons. The van der Waals surface area contributed by atoms with E-state index in [-0.39, 0.29) is 6.61 Å². The molecule has 0 aliphatic carbocycles. The number of aldehydes is 1. The zero-order chi connectivity index (χ0) is 28.7. The van der Waals surface area contributed by atoms with Gasteiger partial charge in [0.25, 0.3) is 0 Å². The van der Waals surface area contributed by atoms with E-state index in [1.54, 1.807) is 11.3 Å².